The molecular formula is C10H13FN2. The lowest BCUT2D eigenvalue weighted by Gasteiger charge is -2.39. The molecule has 1 saturated heterocycles. The van der Waals surface area contributed by atoms with Gasteiger partial charge in [-0.3, -0.25) is 0 Å². The Kier molecular flexibility index (Phi) is 1.86. The van der Waals surface area contributed by atoms with Crippen molar-refractivity contribution in [1.29, 1.82) is 0 Å². The molecule has 3 N–H and O–H groups in total. The molecular weight excluding hydrogens is 167 g/mol. The first-order valence-electron chi connectivity index (χ1n) is 4.39. The lowest BCUT2D eigenvalue weighted by Crippen LogP contribution is -2.63. The minimum absolute atomic E-state index is 0.161. The van der Waals surface area contributed by atoms with Gasteiger partial charge in [0.1, 0.15) is 5.82 Å². The van der Waals surface area contributed by atoms with E-state index in [0.29, 0.717) is 24.2 Å². The molecule has 1 aromatic carbocycles. The van der Waals surface area contributed by atoms with Crippen molar-refractivity contribution in [2.24, 2.45) is 5.73 Å². The van der Waals surface area contributed by atoms with Gasteiger partial charge in [-0.05, 0) is 12.5 Å². The Labute approximate surface area is 76.9 Å². The molecule has 1 fully saturated rings. The van der Waals surface area contributed by atoms with Gasteiger partial charge in [0.15, 0.2) is 0 Å². The quantitative estimate of drug-likeness (QED) is 0.673. The maximum Gasteiger partial charge on any atom is 0.131 e. The van der Waals surface area contributed by atoms with E-state index >= 15 is 0 Å². The van der Waals surface area contributed by atoms with E-state index in [1.54, 1.807) is 19.1 Å². The van der Waals surface area contributed by atoms with Crippen molar-refractivity contribution >= 4 is 0 Å². The molecule has 0 bridgehead atoms. The zero-order valence-electron chi connectivity index (χ0n) is 7.60. The van der Waals surface area contributed by atoms with Crippen molar-refractivity contribution in [2.45, 2.75) is 12.5 Å². The third-order valence-electron chi connectivity index (χ3n) is 2.61. The number of hydrogen-bond donors (Lipinski definition) is 2. The van der Waals surface area contributed by atoms with E-state index < -0.39 is 5.54 Å². The summed E-state index contributed by atoms with van der Waals surface area (Å²) in [6, 6.07) is 5.37. The topological polar surface area (TPSA) is 38.0 Å². The van der Waals surface area contributed by atoms with E-state index in [-0.39, 0.29) is 5.82 Å². The number of nitrogens with two attached hydrogens (primary N) is 1. The van der Waals surface area contributed by atoms with E-state index in [0.717, 1.165) is 0 Å². The zero-order valence-corrected chi connectivity index (χ0v) is 7.60. The standard InChI is InChI=1S/C10H13FN2/c1-7-3-2-4-8(9(7)11)10(12)5-13-6-10/h2-4,13H,5-6,12H2,1H3. The van der Waals surface area contributed by atoms with E-state index in [1.165, 1.54) is 0 Å². The van der Waals surface area contributed by atoms with Crippen LogP contribution in [0, 0.1) is 12.7 Å². The Balaban J connectivity index is 2.45. The largest absolute Gasteiger partial charge is 0.319 e. The van der Waals surface area contributed by atoms with Gasteiger partial charge in [-0.15, -0.1) is 0 Å². The summed E-state index contributed by atoms with van der Waals surface area (Å²) >= 11 is 0. The molecule has 1 aliphatic heterocycles. The number of aryl methyl sites for hydroxylation is 1. The Morgan fingerprint density at radius 3 is 2.69 bits per heavy atom. The van der Waals surface area contributed by atoms with Crippen molar-refractivity contribution in [3.63, 3.8) is 0 Å². The molecule has 0 atom stereocenters. The van der Waals surface area contributed by atoms with E-state index in [9.17, 15) is 4.39 Å². The minimum atomic E-state index is -0.490. The van der Waals surface area contributed by atoms with Gasteiger partial charge >= 0.3 is 0 Å². The number of halogens is 1. The van der Waals surface area contributed by atoms with Gasteiger partial charge in [-0.1, -0.05) is 18.2 Å². The highest BCUT2D eigenvalue weighted by atomic mass is 19.1. The summed E-state index contributed by atoms with van der Waals surface area (Å²) in [5.74, 6) is -0.161. The molecule has 2 rings (SSSR count). The third kappa shape index (κ3) is 1.24. The first-order chi connectivity index (χ1) is 6.13. The zero-order chi connectivity index (χ0) is 9.47. The van der Waals surface area contributed by atoms with E-state index in [2.05, 4.69) is 5.32 Å². The van der Waals surface area contributed by atoms with Gasteiger partial charge in [-0.2, -0.15) is 0 Å². The first-order valence-corrected chi connectivity index (χ1v) is 4.39. The second-order valence-electron chi connectivity index (χ2n) is 3.70. The second-order valence-corrected chi connectivity index (χ2v) is 3.70. The molecule has 0 amide bonds. The van der Waals surface area contributed by atoms with Crippen LogP contribution in [0.3, 0.4) is 0 Å². The predicted octanol–water partition coefficient (Wildman–Crippen LogP) is 0.891. The molecule has 0 saturated carbocycles. The average molecular weight is 180 g/mol. The monoisotopic (exact) mass is 180 g/mol. The highest BCUT2D eigenvalue weighted by Crippen LogP contribution is 2.26. The molecule has 13 heavy (non-hydrogen) atoms. The van der Waals surface area contributed by atoms with Crippen LogP contribution in [0.2, 0.25) is 0 Å². The van der Waals surface area contributed by atoms with Crippen LogP contribution in [0.5, 0.6) is 0 Å². The van der Waals surface area contributed by atoms with Crippen molar-refractivity contribution in [1.82, 2.24) is 5.32 Å². The fourth-order valence-electron chi connectivity index (χ4n) is 1.62. The van der Waals surface area contributed by atoms with Crippen LogP contribution in [0.4, 0.5) is 4.39 Å². The summed E-state index contributed by atoms with van der Waals surface area (Å²) in [7, 11) is 0. The average Bonchev–Trinajstić information content (AvgIpc) is 2.06. The van der Waals surface area contributed by atoms with E-state index in [4.69, 9.17) is 5.73 Å². The third-order valence-corrected chi connectivity index (χ3v) is 2.61. The molecule has 0 radical (unpaired) electrons. The summed E-state index contributed by atoms with van der Waals surface area (Å²) in [5.41, 5.74) is 6.79. The SMILES string of the molecule is Cc1cccc(C2(N)CNC2)c1F. The molecule has 70 valence electrons. The van der Waals surface area contributed by atoms with Crippen molar-refractivity contribution in [2.75, 3.05) is 13.1 Å². The Morgan fingerprint density at radius 2 is 2.15 bits per heavy atom. The fraction of sp³-hybridized carbons (Fsp3) is 0.400. The molecule has 0 aliphatic carbocycles. The van der Waals surface area contributed by atoms with Gasteiger partial charge in [0, 0.05) is 18.7 Å². The predicted molar refractivity (Wildman–Crippen MR) is 49.9 cm³/mol. The number of hydrogen-bond acceptors (Lipinski definition) is 2. The summed E-state index contributed by atoms with van der Waals surface area (Å²) in [5, 5.41) is 3.06. The minimum Gasteiger partial charge on any atom is -0.319 e. The molecule has 1 aliphatic rings. The number of rotatable bonds is 1. The molecule has 2 nitrogen and oxygen atoms in total. The Hall–Kier alpha value is -0.930. The lowest BCUT2D eigenvalue weighted by molar-refractivity contribution is 0.277. The van der Waals surface area contributed by atoms with Crippen LogP contribution in [0.1, 0.15) is 11.1 Å². The van der Waals surface area contributed by atoms with Crippen LogP contribution < -0.4 is 11.1 Å². The first kappa shape index (κ1) is 8.66. The second kappa shape index (κ2) is 2.79. The van der Waals surface area contributed by atoms with Gasteiger partial charge in [0.05, 0.1) is 5.54 Å². The molecule has 0 aromatic heterocycles. The molecule has 3 heteroatoms. The summed E-state index contributed by atoms with van der Waals surface area (Å²) in [6.45, 7) is 3.08. The normalized spacial score (nSPS) is 19.6. The molecule has 0 spiro atoms. The maximum atomic E-state index is 13.6. The highest BCUT2D eigenvalue weighted by Gasteiger charge is 2.36. The molecule has 0 unspecified atom stereocenters. The van der Waals surface area contributed by atoms with Gasteiger partial charge in [0.25, 0.3) is 0 Å². The maximum absolute atomic E-state index is 13.6. The van der Waals surface area contributed by atoms with Crippen LogP contribution in [-0.2, 0) is 5.54 Å². The highest BCUT2D eigenvalue weighted by molar-refractivity contribution is 5.33. The fourth-order valence-corrected chi connectivity index (χ4v) is 1.62. The van der Waals surface area contributed by atoms with Crippen LogP contribution >= 0.6 is 0 Å². The molecule has 1 aromatic rings. The summed E-state index contributed by atoms with van der Waals surface area (Å²) in [6.07, 6.45) is 0. The van der Waals surface area contributed by atoms with Crippen molar-refractivity contribution in [3.05, 3.63) is 35.1 Å². The Bertz CT molecular complexity index is 332. The van der Waals surface area contributed by atoms with Crippen LogP contribution in [0.25, 0.3) is 0 Å². The van der Waals surface area contributed by atoms with Crippen molar-refractivity contribution in [3.8, 4) is 0 Å². The van der Waals surface area contributed by atoms with Gasteiger partial charge < -0.3 is 11.1 Å². The van der Waals surface area contributed by atoms with E-state index in [1.807, 2.05) is 6.07 Å². The number of nitrogens with one attached hydrogen (secondary N) is 1. The summed E-state index contributed by atoms with van der Waals surface area (Å²) in [4.78, 5) is 0. The molecule has 1 heterocycles. The summed E-state index contributed by atoms with van der Waals surface area (Å²) < 4.78 is 13.6. The van der Waals surface area contributed by atoms with Gasteiger partial charge in [-0.25, -0.2) is 4.39 Å². The smallest absolute Gasteiger partial charge is 0.131 e. The van der Waals surface area contributed by atoms with Crippen LogP contribution in [0.15, 0.2) is 18.2 Å². The number of benzene rings is 1. The lowest BCUT2D eigenvalue weighted by atomic mass is 9.84. The van der Waals surface area contributed by atoms with Gasteiger partial charge in [0.2, 0.25) is 0 Å². The Morgan fingerprint density at radius 1 is 1.46 bits per heavy atom. The van der Waals surface area contributed by atoms with Crippen molar-refractivity contribution < 1.29 is 4.39 Å². The van der Waals surface area contributed by atoms with Crippen LogP contribution in [-0.4, -0.2) is 13.1 Å².